The largest absolute Gasteiger partial charge is 0.493 e. The first kappa shape index (κ1) is 17.2. The molecule has 22 heavy (non-hydrogen) atoms. The zero-order chi connectivity index (χ0) is 15.0. The van der Waals surface area contributed by atoms with Gasteiger partial charge in [-0.1, -0.05) is 18.1 Å². The van der Waals surface area contributed by atoms with Gasteiger partial charge < -0.3 is 9.47 Å². The molecule has 1 unspecified atom stereocenters. The van der Waals surface area contributed by atoms with Gasteiger partial charge in [-0.05, 0) is 49.4 Å². The topological polar surface area (TPSA) is 21.7 Å². The van der Waals surface area contributed by atoms with E-state index in [1.807, 2.05) is 0 Å². The molecule has 0 saturated carbocycles. The van der Waals surface area contributed by atoms with Crippen molar-refractivity contribution in [2.75, 3.05) is 27.3 Å². The number of halogens is 1. The van der Waals surface area contributed by atoms with Crippen molar-refractivity contribution in [3.63, 3.8) is 0 Å². The van der Waals surface area contributed by atoms with Gasteiger partial charge in [-0.25, -0.2) is 0 Å². The summed E-state index contributed by atoms with van der Waals surface area (Å²) >= 11 is 0. The number of methoxy groups -OCH3 is 2. The molecule has 2 aliphatic rings. The minimum absolute atomic E-state index is 0. The molecule has 0 bridgehead atoms. The van der Waals surface area contributed by atoms with Crippen molar-refractivity contribution in [2.24, 2.45) is 0 Å². The van der Waals surface area contributed by atoms with Crippen LogP contribution in [0.25, 0.3) is 0 Å². The van der Waals surface area contributed by atoms with E-state index in [0.717, 1.165) is 37.4 Å². The summed E-state index contributed by atoms with van der Waals surface area (Å²) in [7, 11) is 3.42. The summed E-state index contributed by atoms with van der Waals surface area (Å²) in [5, 5.41) is 0. The summed E-state index contributed by atoms with van der Waals surface area (Å²) in [5.74, 6) is 1.70. The van der Waals surface area contributed by atoms with Gasteiger partial charge in [-0.15, -0.1) is 12.4 Å². The number of hydrogen-bond donors (Lipinski definition) is 0. The summed E-state index contributed by atoms with van der Waals surface area (Å²) in [6.45, 7) is 6.83. The molecule has 0 radical (unpaired) electrons. The van der Waals surface area contributed by atoms with Crippen molar-refractivity contribution in [3.8, 4) is 11.5 Å². The molecule has 0 fully saturated rings. The van der Waals surface area contributed by atoms with Crippen LogP contribution in [0.4, 0.5) is 0 Å². The smallest absolute Gasteiger partial charge is 0.161 e. The monoisotopic (exact) mass is 323 g/mol. The zero-order valence-corrected chi connectivity index (χ0v) is 14.8. The molecule has 0 amide bonds. The molecule has 122 valence electrons. The third kappa shape index (κ3) is 2.84. The Morgan fingerprint density at radius 2 is 1.86 bits per heavy atom. The van der Waals surface area contributed by atoms with Crippen LogP contribution in [-0.4, -0.2) is 32.2 Å². The van der Waals surface area contributed by atoms with E-state index in [1.165, 1.54) is 17.5 Å². The Morgan fingerprint density at radius 1 is 1.18 bits per heavy atom. The van der Waals surface area contributed by atoms with Crippen molar-refractivity contribution >= 4 is 12.4 Å². The molecule has 3 rings (SSSR count). The molecule has 4 heteroatoms. The van der Waals surface area contributed by atoms with Gasteiger partial charge in [0, 0.05) is 19.1 Å². The molecule has 0 N–H and O–H groups in total. The lowest BCUT2D eigenvalue weighted by Crippen LogP contribution is -2.39. The molecule has 1 aromatic rings. The third-order valence-corrected chi connectivity index (χ3v) is 5.04. The van der Waals surface area contributed by atoms with E-state index >= 15 is 0 Å². The van der Waals surface area contributed by atoms with Gasteiger partial charge in [0.15, 0.2) is 11.5 Å². The normalized spacial score (nSPS) is 20.8. The fourth-order valence-corrected chi connectivity index (χ4v) is 3.74. The minimum atomic E-state index is 0. The SMILES string of the molecule is CCC1=C(C)CC2c3cc(OC)c(OC)cc3CCN2C1.Cl. The molecule has 1 aromatic carbocycles. The van der Waals surface area contributed by atoms with Gasteiger partial charge in [-0.2, -0.15) is 0 Å². The van der Waals surface area contributed by atoms with Gasteiger partial charge in [0.05, 0.1) is 14.2 Å². The van der Waals surface area contributed by atoms with Crippen molar-refractivity contribution in [1.29, 1.82) is 0 Å². The van der Waals surface area contributed by atoms with Crippen molar-refractivity contribution < 1.29 is 9.47 Å². The van der Waals surface area contributed by atoms with E-state index in [1.54, 1.807) is 25.4 Å². The minimum Gasteiger partial charge on any atom is -0.493 e. The lowest BCUT2D eigenvalue weighted by molar-refractivity contribution is 0.184. The van der Waals surface area contributed by atoms with Gasteiger partial charge >= 0.3 is 0 Å². The number of hydrogen-bond acceptors (Lipinski definition) is 3. The summed E-state index contributed by atoms with van der Waals surface area (Å²) in [6, 6.07) is 4.86. The summed E-state index contributed by atoms with van der Waals surface area (Å²) < 4.78 is 10.9. The average Bonchev–Trinajstić information content (AvgIpc) is 2.52. The number of ether oxygens (including phenoxy) is 2. The maximum Gasteiger partial charge on any atom is 0.161 e. The standard InChI is InChI=1S/C18H25NO2.ClH/c1-5-13-11-19-7-6-14-9-17(20-3)18(21-4)10-15(14)16(19)8-12(13)2;/h9-10,16H,5-8,11H2,1-4H3;1H. The summed E-state index contributed by atoms with van der Waals surface area (Å²) in [4.78, 5) is 2.63. The van der Waals surface area contributed by atoms with E-state index < -0.39 is 0 Å². The number of fused-ring (bicyclic) bond motifs is 3. The van der Waals surface area contributed by atoms with Gasteiger partial charge in [0.1, 0.15) is 0 Å². The molecule has 0 saturated heterocycles. The fourth-order valence-electron chi connectivity index (χ4n) is 3.74. The Morgan fingerprint density at radius 3 is 2.50 bits per heavy atom. The highest BCUT2D eigenvalue weighted by Gasteiger charge is 2.32. The molecule has 0 spiro atoms. The van der Waals surface area contributed by atoms with E-state index in [-0.39, 0.29) is 12.4 Å². The number of benzene rings is 1. The molecule has 2 heterocycles. The summed E-state index contributed by atoms with van der Waals surface area (Å²) in [6.07, 6.45) is 3.42. The van der Waals surface area contributed by atoms with Crippen molar-refractivity contribution in [2.45, 2.75) is 39.2 Å². The Balaban J connectivity index is 0.00000176. The third-order valence-electron chi connectivity index (χ3n) is 5.04. The molecule has 2 aliphatic heterocycles. The van der Waals surface area contributed by atoms with Crippen LogP contribution >= 0.6 is 12.4 Å². The average molecular weight is 324 g/mol. The van der Waals surface area contributed by atoms with E-state index in [4.69, 9.17) is 9.47 Å². The molecular formula is C18H26ClNO2. The first-order valence-electron chi connectivity index (χ1n) is 7.84. The van der Waals surface area contributed by atoms with Crippen molar-refractivity contribution in [1.82, 2.24) is 4.90 Å². The molecular weight excluding hydrogens is 298 g/mol. The van der Waals surface area contributed by atoms with Gasteiger partial charge in [-0.3, -0.25) is 4.90 Å². The fraction of sp³-hybridized carbons (Fsp3) is 0.556. The van der Waals surface area contributed by atoms with Crippen LogP contribution in [0.15, 0.2) is 23.3 Å². The van der Waals surface area contributed by atoms with E-state index in [0.29, 0.717) is 6.04 Å². The maximum atomic E-state index is 5.50. The predicted octanol–water partition coefficient (Wildman–Crippen LogP) is 4.16. The van der Waals surface area contributed by atoms with Crippen LogP contribution in [-0.2, 0) is 6.42 Å². The number of rotatable bonds is 3. The summed E-state index contributed by atoms with van der Waals surface area (Å²) in [5.41, 5.74) is 6.03. The number of nitrogens with zero attached hydrogens (tertiary/aromatic N) is 1. The quantitative estimate of drug-likeness (QED) is 0.780. The Hall–Kier alpha value is -1.19. The maximum absolute atomic E-state index is 5.50. The van der Waals surface area contributed by atoms with Crippen LogP contribution in [0.2, 0.25) is 0 Å². The van der Waals surface area contributed by atoms with Gasteiger partial charge in [0.25, 0.3) is 0 Å². The first-order valence-corrected chi connectivity index (χ1v) is 7.84. The second-order valence-electron chi connectivity index (χ2n) is 6.08. The Kier molecular flexibility index (Phi) is 5.41. The Bertz CT molecular complexity index is 583. The first-order chi connectivity index (χ1) is 10.2. The highest BCUT2D eigenvalue weighted by atomic mass is 35.5. The zero-order valence-electron chi connectivity index (χ0n) is 13.9. The van der Waals surface area contributed by atoms with Crippen LogP contribution in [0, 0.1) is 0 Å². The molecule has 0 aliphatic carbocycles. The second kappa shape index (κ2) is 6.93. The van der Waals surface area contributed by atoms with Crippen LogP contribution < -0.4 is 9.47 Å². The highest BCUT2D eigenvalue weighted by Crippen LogP contribution is 2.43. The van der Waals surface area contributed by atoms with Gasteiger partial charge in [0.2, 0.25) is 0 Å². The van der Waals surface area contributed by atoms with Crippen LogP contribution in [0.3, 0.4) is 0 Å². The lowest BCUT2D eigenvalue weighted by atomic mass is 9.84. The van der Waals surface area contributed by atoms with Crippen molar-refractivity contribution in [3.05, 3.63) is 34.4 Å². The van der Waals surface area contributed by atoms with Crippen LogP contribution in [0.1, 0.15) is 43.9 Å². The van der Waals surface area contributed by atoms with Crippen LogP contribution in [0.5, 0.6) is 11.5 Å². The predicted molar refractivity (Wildman–Crippen MR) is 92.4 cm³/mol. The molecule has 3 nitrogen and oxygen atoms in total. The molecule has 1 atom stereocenters. The molecule has 0 aromatic heterocycles. The van der Waals surface area contributed by atoms with E-state index in [2.05, 4.69) is 30.9 Å². The lowest BCUT2D eigenvalue weighted by Gasteiger charge is -2.42. The van der Waals surface area contributed by atoms with E-state index in [9.17, 15) is 0 Å². The highest BCUT2D eigenvalue weighted by molar-refractivity contribution is 5.85. The Labute approximate surface area is 139 Å². The second-order valence-corrected chi connectivity index (χ2v) is 6.08.